The van der Waals surface area contributed by atoms with Crippen LogP contribution in [0, 0.1) is 0 Å². The van der Waals surface area contributed by atoms with Gasteiger partial charge in [-0.05, 0) is 87.4 Å². The molecule has 10 nitrogen and oxygen atoms in total. The van der Waals surface area contributed by atoms with Crippen LogP contribution in [0.3, 0.4) is 0 Å². The van der Waals surface area contributed by atoms with E-state index in [4.69, 9.17) is 77.0 Å². The molecule has 0 aliphatic rings. The third-order valence-electron chi connectivity index (χ3n) is 9.70. The molecule has 0 radical (unpaired) electrons. The van der Waals surface area contributed by atoms with Gasteiger partial charge in [0.25, 0.3) is 0 Å². The van der Waals surface area contributed by atoms with E-state index in [9.17, 15) is 9.59 Å². The number of pyridine rings is 2. The SMILES string of the molecule is COCc1c(C(=O)OC(C)C)ncc2[nH]c3ccccc3c12.COCc1c(C(=O)OC(C)C)ncc2c1c1ccccc1n2Cc1cc(Cl)ccc1Cl.ClCc1cc(Cl)ccc1Cl.[H-].[Na+]. The number of carbonyl (C=O) groups is 2. The summed E-state index contributed by atoms with van der Waals surface area (Å²) in [6.45, 7) is 8.30. The van der Waals surface area contributed by atoms with Gasteiger partial charge in [-0.1, -0.05) is 82.8 Å². The molecule has 0 unspecified atom stereocenters. The van der Waals surface area contributed by atoms with Crippen LogP contribution >= 0.6 is 58.0 Å². The van der Waals surface area contributed by atoms with Crippen LogP contribution in [0.4, 0.5) is 0 Å². The molecule has 0 aliphatic heterocycles. The number of hydrogen-bond acceptors (Lipinski definition) is 8. The second-order valence-corrected chi connectivity index (χ2v) is 16.8. The van der Waals surface area contributed by atoms with E-state index >= 15 is 0 Å². The number of ether oxygens (including phenoxy) is 4. The molecule has 4 aromatic heterocycles. The Kier molecular flexibility index (Phi) is 18.8. The molecule has 16 heteroatoms. The van der Waals surface area contributed by atoms with E-state index in [0.717, 1.165) is 60.3 Å². The largest absolute Gasteiger partial charge is 1.00 e. The molecular formula is C48H46Cl5N4NaO6. The Morgan fingerprint density at radius 3 is 1.73 bits per heavy atom. The quantitative estimate of drug-likeness (QED) is 0.0774. The standard InChI is InChI=1S/C24H22Cl2N2O3.C17H18N2O3.C7H5Cl3.Na.H/c1-14(2)31-24(29)23-18(13-30-3)22-17-6-4-5-7-20(17)28(21(22)11-27-23)12-15-10-16(25)8-9-19(15)26;1-10(2)22-17(20)16-12(9-21-3)15-11-6-4-5-7-13(11)19-14(15)8-18-16;8-4-5-3-6(9)1-2-7(5)10;;/h4-11,14H,12-13H2,1-3H3;4-8,10,19H,9H2,1-3H3;1-3H,4H2;;/q;;;+1;-1. The summed E-state index contributed by atoms with van der Waals surface area (Å²) in [6.07, 6.45) is 2.95. The minimum absolute atomic E-state index is 0. The topological polar surface area (TPSA) is 118 Å². The van der Waals surface area contributed by atoms with E-state index in [2.05, 4.69) is 19.5 Å². The number of para-hydroxylation sites is 2. The van der Waals surface area contributed by atoms with Gasteiger partial charge in [-0.2, -0.15) is 0 Å². The van der Waals surface area contributed by atoms with Crippen molar-refractivity contribution in [2.24, 2.45) is 0 Å². The Bertz CT molecular complexity index is 2930. The number of H-pyrrole nitrogens is 1. The number of methoxy groups -OCH3 is 2. The molecule has 0 bridgehead atoms. The summed E-state index contributed by atoms with van der Waals surface area (Å²) in [6, 6.07) is 26.6. The second-order valence-electron chi connectivity index (χ2n) is 14.9. The van der Waals surface area contributed by atoms with E-state index in [-0.39, 0.29) is 55.5 Å². The molecule has 0 atom stereocenters. The van der Waals surface area contributed by atoms with Gasteiger partial charge in [0, 0.05) is 90.4 Å². The van der Waals surface area contributed by atoms with Crippen molar-refractivity contribution in [3.8, 4) is 0 Å². The maximum absolute atomic E-state index is 12.7. The number of halogens is 5. The van der Waals surface area contributed by atoms with Crippen molar-refractivity contribution in [2.75, 3.05) is 14.2 Å². The summed E-state index contributed by atoms with van der Waals surface area (Å²) in [5, 5.41) is 6.52. The molecule has 64 heavy (non-hydrogen) atoms. The Morgan fingerprint density at radius 2 is 1.17 bits per heavy atom. The van der Waals surface area contributed by atoms with Crippen molar-refractivity contribution in [3.05, 3.63) is 151 Å². The number of aromatic nitrogens is 4. The van der Waals surface area contributed by atoms with E-state index in [1.54, 1.807) is 56.9 Å². The molecular weight excluding hydrogens is 929 g/mol. The fourth-order valence-corrected chi connectivity index (χ4v) is 8.16. The number of benzene rings is 4. The minimum atomic E-state index is -0.460. The van der Waals surface area contributed by atoms with Crippen LogP contribution in [-0.4, -0.2) is 57.9 Å². The first-order chi connectivity index (χ1) is 30.3. The van der Waals surface area contributed by atoms with Gasteiger partial charge in [-0.3, -0.25) is 0 Å². The Labute approximate surface area is 420 Å². The van der Waals surface area contributed by atoms with Crippen molar-refractivity contribution < 1.29 is 59.5 Å². The summed E-state index contributed by atoms with van der Waals surface area (Å²) >= 11 is 29.6. The first-order valence-corrected chi connectivity index (χ1v) is 21.9. The molecule has 4 aromatic carbocycles. The van der Waals surface area contributed by atoms with Crippen molar-refractivity contribution in [1.29, 1.82) is 0 Å². The third kappa shape index (κ3) is 11.9. The summed E-state index contributed by atoms with van der Waals surface area (Å²) in [7, 11) is 3.20. The van der Waals surface area contributed by atoms with E-state index in [1.807, 2.05) is 82.3 Å². The van der Waals surface area contributed by atoms with Gasteiger partial charge in [0.05, 0.1) is 48.8 Å². The maximum Gasteiger partial charge on any atom is 1.00 e. The van der Waals surface area contributed by atoms with Gasteiger partial charge in [-0.15, -0.1) is 11.6 Å². The number of hydrogen-bond donors (Lipinski definition) is 1. The average molecular weight is 975 g/mol. The summed E-state index contributed by atoms with van der Waals surface area (Å²) < 4.78 is 23.6. The zero-order valence-electron chi connectivity index (χ0n) is 37.4. The molecule has 330 valence electrons. The summed E-state index contributed by atoms with van der Waals surface area (Å²) in [5.74, 6) is -0.479. The van der Waals surface area contributed by atoms with Crippen LogP contribution in [0.15, 0.2) is 97.3 Å². The minimum Gasteiger partial charge on any atom is -1.00 e. The van der Waals surface area contributed by atoms with E-state index in [0.29, 0.717) is 50.4 Å². The van der Waals surface area contributed by atoms with Crippen LogP contribution < -0.4 is 29.6 Å². The number of esters is 2. The van der Waals surface area contributed by atoms with Gasteiger partial charge in [0.1, 0.15) is 0 Å². The maximum atomic E-state index is 12.7. The number of fused-ring (bicyclic) bond motifs is 6. The monoisotopic (exact) mass is 972 g/mol. The number of nitrogens with one attached hydrogen (secondary N) is 1. The number of rotatable bonds is 11. The van der Waals surface area contributed by atoms with Crippen LogP contribution in [0.2, 0.25) is 20.1 Å². The number of alkyl halides is 1. The molecule has 8 rings (SSSR count). The molecule has 8 aromatic rings. The average Bonchev–Trinajstić information content (AvgIpc) is 3.79. The number of carbonyl (C=O) groups excluding carboxylic acids is 2. The molecule has 0 saturated heterocycles. The van der Waals surface area contributed by atoms with Gasteiger partial charge >= 0.3 is 41.5 Å². The Hall–Kier alpha value is -3.91. The first-order valence-electron chi connectivity index (χ1n) is 19.9. The molecule has 0 spiro atoms. The predicted molar refractivity (Wildman–Crippen MR) is 256 cm³/mol. The second kappa shape index (κ2) is 23.5. The van der Waals surface area contributed by atoms with Gasteiger partial charge in [0.15, 0.2) is 11.4 Å². The fraction of sp³-hybridized carbons (Fsp3) is 0.250. The van der Waals surface area contributed by atoms with Crippen LogP contribution in [0.25, 0.3) is 43.6 Å². The normalized spacial score (nSPS) is 11.1. The Morgan fingerprint density at radius 1 is 0.656 bits per heavy atom. The fourth-order valence-electron chi connectivity index (χ4n) is 7.12. The van der Waals surface area contributed by atoms with Crippen LogP contribution in [0.5, 0.6) is 0 Å². The Balaban J connectivity index is 0.000000237. The molecule has 1 N–H and O–H groups in total. The molecule has 0 amide bonds. The van der Waals surface area contributed by atoms with Crippen molar-refractivity contribution in [2.45, 2.75) is 65.5 Å². The zero-order chi connectivity index (χ0) is 45.4. The molecule has 4 heterocycles. The molecule has 0 aliphatic carbocycles. The summed E-state index contributed by atoms with van der Waals surface area (Å²) in [5.41, 5.74) is 7.58. The van der Waals surface area contributed by atoms with Gasteiger partial charge in [0.2, 0.25) is 0 Å². The van der Waals surface area contributed by atoms with E-state index in [1.165, 1.54) is 0 Å². The van der Waals surface area contributed by atoms with Gasteiger partial charge < -0.3 is 29.9 Å². The third-order valence-corrected chi connectivity index (χ3v) is 11.2. The molecule has 0 fully saturated rings. The van der Waals surface area contributed by atoms with Crippen molar-refractivity contribution in [1.82, 2.24) is 19.5 Å². The van der Waals surface area contributed by atoms with Crippen LogP contribution in [-0.2, 0) is 44.6 Å². The summed E-state index contributed by atoms with van der Waals surface area (Å²) in [4.78, 5) is 37.1. The smallest absolute Gasteiger partial charge is 1.00 e. The zero-order valence-corrected chi connectivity index (χ0v) is 42.2. The van der Waals surface area contributed by atoms with Crippen molar-refractivity contribution in [3.63, 3.8) is 0 Å². The van der Waals surface area contributed by atoms with Gasteiger partial charge in [-0.25, -0.2) is 19.6 Å². The van der Waals surface area contributed by atoms with Crippen LogP contribution in [0.1, 0.15) is 72.4 Å². The number of aromatic amines is 1. The molecule has 0 saturated carbocycles. The number of nitrogens with zero attached hydrogens (tertiary/aromatic N) is 3. The predicted octanol–water partition coefficient (Wildman–Crippen LogP) is 10.5. The van der Waals surface area contributed by atoms with E-state index < -0.39 is 11.9 Å². The van der Waals surface area contributed by atoms with Crippen molar-refractivity contribution >= 4 is 114 Å². The first kappa shape index (κ1) is 51.1.